The molecule has 1 aromatic rings. The van der Waals surface area contributed by atoms with Crippen LogP contribution >= 0.6 is 0 Å². The Bertz CT molecular complexity index is 491. The second-order valence-corrected chi connectivity index (χ2v) is 3.80. The summed E-state index contributed by atoms with van der Waals surface area (Å²) in [5.74, 6) is -1.19. The van der Waals surface area contributed by atoms with E-state index in [1.165, 1.54) is 13.0 Å². The standard InChI is InChI=1S/C11H14FN3O3/c1-3-9(11(13)14)18-10-4-6(2)8(15(16)17)5-7(10)12/h4-5,9H,3H2,1-2H3,(H3,13,14). The molecule has 0 radical (unpaired) electrons. The van der Waals surface area contributed by atoms with Crippen LogP contribution in [0.3, 0.4) is 0 Å². The van der Waals surface area contributed by atoms with Gasteiger partial charge >= 0.3 is 0 Å². The lowest BCUT2D eigenvalue weighted by Gasteiger charge is -2.16. The van der Waals surface area contributed by atoms with Crippen molar-refractivity contribution in [3.8, 4) is 5.75 Å². The molecule has 6 nitrogen and oxygen atoms in total. The molecular formula is C11H14FN3O3. The number of halogens is 1. The van der Waals surface area contributed by atoms with Gasteiger partial charge in [-0.2, -0.15) is 0 Å². The maximum atomic E-state index is 13.6. The van der Waals surface area contributed by atoms with Crippen molar-refractivity contribution in [2.24, 2.45) is 5.73 Å². The van der Waals surface area contributed by atoms with Gasteiger partial charge in [-0.05, 0) is 19.4 Å². The van der Waals surface area contributed by atoms with Crippen LogP contribution in [-0.2, 0) is 0 Å². The number of hydrogen-bond donors (Lipinski definition) is 2. The number of rotatable bonds is 5. The Morgan fingerprint density at radius 2 is 2.28 bits per heavy atom. The summed E-state index contributed by atoms with van der Waals surface area (Å²) in [7, 11) is 0. The molecule has 0 bridgehead atoms. The lowest BCUT2D eigenvalue weighted by molar-refractivity contribution is -0.385. The van der Waals surface area contributed by atoms with Crippen molar-refractivity contribution in [3.63, 3.8) is 0 Å². The van der Waals surface area contributed by atoms with Crippen molar-refractivity contribution < 1.29 is 14.1 Å². The quantitative estimate of drug-likeness (QED) is 0.364. The number of nitrogens with two attached hydrogens (primary N) is 1. The van der Waals surface area contributed by atoms with Crippen LogP contribution in [0.15, 0.2) is 12.1 Å². The maximum Gasteiger partial charge on any atom is 0.275 e. The summed E-state index contributed by atoms with van der Waals surface area (Å²) < 4.78 is 18.8. The van der Waals surface area contributed by atoms with E-state index in [0.29, 0.717) is 6.42 Å². The van der Waals surface area contributed by atoms with Gasteiger partial charge in [-0.15, -0.1) is 0 Å². The van der Waals surface area contributed by atoms with E-state index in [-0.39, 0.29) is 22.8 Å². The molecule has 1 unspecified atom stereocenters. The van der Waals surface area contributed by atoms with Crippen LogP contribution in [-0.4, -0.2) is 16.9 Å². The van der Waals surface area contributed by atoms with Crippen LogP contribution in [0.4, 0.5) is 10.1 Å². The van der Waals surface area contributed by atoms with E-state index in [1.807, 2.05) is 0 Å². The molecule has 1 atom stereocenters. The van der Waals surface area contributed by atoms with Crippen LogP contribution in [0.5, 0.6) is 5.75 Å². The Kier molecular flexibility index (Phi) is 4.19. The van der Waals surface area contributed by atoms with Crippen molar-refractivity contribution in [2.45, 2.75) is 26.4 Å². The zero-order valence-corrected chi connectivity index (χ0v) is 10.1. The average Bonchev–Trinajstić information content (AvgIpc) is 2.28. The highest BCUT2D eigenvalue weighted by molar-refractivity contribution is 5.82. The molecule has 0 fully saturated rings. The van der Waals surface area contributed by atoms with E-state index in [4.69, 9.17) is 15.9 Å². The fourth-order valence-electron chi connectivity index (χ4n) is 1.45. The summed E-state index contributed by atoms with van der Waals surface area (Å²) >= 11 is 0. The van der Waals surface area contributed by atoms with Crippen molar-refractivity contribution >= 4 is 11.5 Å². The van der Waals surface area contributed by atoms with Gasteiger partial charge in [0.2, 0.25) is 0 Å². The SMILES string of the molecule is CCC(Oc1cc(C)c([N+](=O)[O-])cc1F)C(=N)N. The van der Waals surface area contributed by atoms with Gasteiger partial charge in [0, 0.05) is 5.56 Å². The normalized spacial score (nSPS) is 11.9. The van der Waals surface area contributed by atoms with Gasteiger partial charge < -0.3 is 10.5 Å². The fraction of sp³-hybridized carbons (Fsp3) is 0.364. The minimum atomic E-state index is -0.841. The van der Waals surface area contributed by atoms with E-state index in [2.05, 4.69) is 0 Å². The minimum absolute atomic E-state index is 0.139. The summed E-state index contributed by atoms with van der Waals surface area (Å²) in [6.45, 7) is 3.22. The van der Waals surface area contributed by atoms with Crippen LogP contribution < -0.4 is 10.5 Å². The fourth-order valence-corrected chi connectivity index (χ4v) is 1.45. The Balaban J connectivity index is 3.08. The molecule has 3 N–H and O–H groups in total. The van der Waals surface area contributed by atoms with Crippen LogP contribution in [0.2, 0.25) is 0 Å². The Morgan fingerprint density at radius 3 is 2.72 bits per heavy atom. The first-order valence-corrected chi connectivity index (χ1v) is 5.31. The third-order valence-electron chi connectivity index (χ3n) is 2.43. The molecule has 0 spiro atoms. The Labute approximate surface area is 103 Å². The van der Waals surface area contributed by atoms with E-state index >= 15 is 0 Å². The largest absolute Gasteiger partial charge is 0.479 e. The highest BCUT2D eigenvalue weighted by Crippen LogP contribution is 2.27. The summed E-state index contributed by atoms with van der Waals surface area (Å²) in [6.07, 6.45) is -0.328. The molecule has 0 aliphatic heterocycles. The second-order valence-electron chi connectivity index (χ2n) is 3.80. The molecule has 0 aliphatic carbocycles. The minimum Gasteiger partial charge on any atom is -0.479 e. The lowest BCUT2D eigenvalue weighted by Crippen LogP contribution is -2.32. The van der Waals surface area contributed by atoms with Gasteiger partial charge in [0.1, 0.15) is 5.84 Å². The molecule has 0 heterocycles. The number of nitro groups is 1. The van der Waals surface area contributed by atoms with Gasteiger partial charge in [-0.1, -0.05) is 6.92 Å². The van der Waals surface area contributed by atoms with E-state index in [9.17, 15) is 14.5 Å². The molecule has 1 aromatic carbocycles. The van der Waals surface area contributed by atoms with Crippen molar-refractivity contribution in [1.29, 1.82) is 5.41 Å². The first kappa shape index (κ1) is 13.9. The van der Waals surface area contributed by atoms with E-state index in [1.54, 1.807) is 6.92 Å². The number of ether oxygens (including phenoxy) is 1. The highest BCUT2D eigenvalue weighted by Gasteiger charge is 2.19. The number of aryl methyl sites for hydroxylation is 1. The lowest BCUT2D eigenvalue weighted by atomic mass is 10.2. The predicted molar refractivity (Wildman–Crippen MR) is 64.4 cm³/mol. The van der Waals surface area contributed by atoms with Crippen molar-refractivity contribution in [3.05, 3.63) is 33.6 Å². The molecule has 7 heteroatoms. The highest BCUT2D eigenvalue weighted by atomic mass is 19.1. The van der Waals surface area contributed by atoms with Crippen molar-refractivity contribution in [1.82, 2.24) is 0 Å². The topological polar surface area (TPSA) is 102 Å². The first-order chi connectivity index (χ1) is 8.36. The van der Waals surface area contributed by atoms with E-state index in [0.717, 1.165) is 6.07 Å². The van der Waals surface area contributed by atoms with Gasteiger partial charge in [-0.25, -0.2) is 4.39 Å². The number of nitro benzene ring substituents is 1. The third-order valence-corrected chi connectivity index (χ3v) is 2.43. The monoisotopic (exact) mass is 255 g/mol. The summed E-state index contributed by atoms with van der Waals surface area (Å²) in [5, 5.41) is 17.9. The summed E-state index contributed by atoms with van der Waals surface area (Å²) in [4.78, 5) is 9.95. The average molecular weight is 255 g/mol. The predicted octanol–water partition coefficient (Wildman–Crippen LogP) is 2.14. The van der Waals surface area contributed by atoms with Crippen LogP contribution in [0.1, 0.15) is 18.9 Å². The summed E-state index contributed by atoms with van der Waals surface area (Å²) in [6, 6.07) is 2.04. The third kappa shape index (κ3) is 2.93. The number of amidine groups is 1. The summed E-state index contributed by atoms with van der Waals surface area (Å²) in [5.41, 5.74) is 5.27. The second kappa shape index (κ2) is 5.44. The van der Waals surface area contributed by atoms with Crippen LogP contribution in [0, 0.1) is 28.3 Å². The molecule has 0 aromatic heterocycles. The molecular weight excluding hydrogens is 241 g/mol. The molecule has 1 rings (SSSR count). The molecule has 98 valence electrons. The molecule has 0 saturated carbocycles. The van der Waals surface area contributed by atoms with E-state index < -0.39 is 16.8 Å². The van der Waals surface area contributed by atoms with Gasteiger partial charge in [0.25, 0.3) is 5.69 Å². The molecule has 0 aliphatic rings. The Morgan fingerprint density at radius 1 is 1.67 bits per heavy atom. The zero-order valence-electron chi connectivity index (χ0n) is 10.1. The van der Waals surface area contributed by atoms with Gasteiger partial charge in [0.05, 0.1) is 11.0 Å². The first-order valence-electron chi connectivity index (χ1n) is 5.31. The number of benzene rings is 1. The van der Waals surface area contributed by atoms with Gasteiger partial charge in [-0.3, -0.25) is 15.5 Å². The molecule has 0 amide bonds. The number of nitrogens with zero attached hydrogens (tertiary/aromatic N) is 1. The molecule has 0 saturated heterocycles. The smallest absolute Gasteiger partial charge is 0.275 e. The maximum absolute atomic E-state index is 13.6. The van der Waals surface area contributed by atoms with Gasteiger partial charge in [0.15, 0.2) is 17.7 Å². The number of hydrogen-bond acceptors (Lipinski definition) is 4. The zero-order chi connectivity index (χ0) is 13.9. The molecule has 18 heavy (non-hydrogen) atoms. The van der Waals surface area contributed by atoms with Crippen molar-refractivity contribution in [2.75, 3.05) is 0 Å². The Hall–Kier alpha value is -2.18. The van der Waals surface area contributed by atoms with Crippen LogP contribution in [0.25, 0.3) is 0 Å². The number of nitrogens with one attached hydrogen (secondary N) is 1.